The van der Waals surface area contributed by atoms with Crippen LogP contribution in [0.15, 0.2) is 58.5 Å². The molecule has 6 heteroatoms. The van der Waals surface area contributed by atoms with Crippen LogP contribution in [0.3, 0.4) is 0 Å². The molecule has 0 fully saturated rings. The summed E-state index contributed by atoms with van der Waals surface area (Å²) >= 11 is 1.52. The summed E-state index contributed by atoms with van der Waals surface area (Å²) in [6, 6.07) is 17.2. The molecule has 2 aromatic carbocycles. The summed E-state index contributed by atoms with van der Waals surface area (Å²) in [6.07, 6.45) is 1.27. The fraction of sp³-hybridized carbons (Fsp3) is 0.250. The monoisotopic (exact) mass is 365 g/mol. The molecule has 0 aliphatic carbocycles. The molecule has 0 spiro atoms. The van der Waals surface area contributed by atoms with Gasteiger partial charge in [-0.15, -0.1) is 0 Å². The molecule has 0 saturated carbocycles. The van der Waals surface area contributed by atoms with E-state index in [1.54, 1.807) is 17.7 Å². The van der Waals surface area contributed by atoms with Crippen molar-refractivity contribution >= 4 is 22.7 Å². The van der Waals surface area contributed by atoms with Crippen molar-refractivity contribution in [2.24, 2.45) is 0 Å². The Morgan fingerprint density at radius 1 is 1.19 bits per heavy atom. The van der Waals surface area contributed by atoms with Crippen molar-refractivity contribution < 1.29 is 4.74 Å². The third-order valence-electron chi connectivity index (χ3n) is 3.99. The number of hydrogen-bond donors (Lipinski definition) is 0. The summed E-state index contributed by atoms with van der Waals surface area (Å²) in [7, 11) is 1.63. The molecule has 26 heavy (non-hydrogen) atoms. The summed E-state index contributed by atoms with van der Waals surface area (Å²) in [5.74, 6) is 1.53. The van der Waals surface area contributed by atoms with Crippen LogP contribution in [-0.2, 0) is 6.54 Å². The Kier molecular flexibility index (Phi) is 5.92. The maximum Gasteiger partial charge on any atom is 0.262 e. The van der Waals surface area contributed by atoms with Gasteiger partial charge in [-0.3, -0.25) is 9.36 Å². The van der Waals surface area contributed by atoms with Crippen molar-refractivity contribution in [2.45, 2.75) is 24.5 Å². The number of aromatic nitrogens is 2. The smallest absolute Gasteiger partial charge is 0.262 e. The summed E-state index contributed by atoms with van der Waals surface area (Å²) in [4.78, 5) is 17.7. The number of unbranched alkanes of at least 4 members (excludes halogenated alkanes) is 1. The molecule has 1 heterocycles. The van der Waals surface area contributed by atoms with E-state index >= 15 is 0 Å². The van der Waals surface area contributed by atoms with Crippen LogP contribution in [-0.4, -0.2) is 22.4 Å². The number of rotatable bonds is 7. The summed E-state index contributed by atoms with van der Waals surface area (Å²) in [5.41, 5.74) is 1.66. The number of nitrogens with zero attached hydrogens (tertiary/aromatic N) is 3. The maximum absolute atomic E-state index is 13.0. The number of ether oxygens (including phenoxy) is 1. The minimum Gasteiger partial charge on any atom is -0.497 e. The SMILES string of the molecule is COc1ccc(Cn2c(SCCCC#N)nc3ccccc3c2=O)cc1. The number of nitriles is 1. The summed E-state index contributed by atoms with van der Waals surface area (Å²) in [6.45, 7) is 0.446. The fourth-order valence-corrected chi connectivity index (χ4v) is 3.56. The molecule has 0 radical (unpaired) electrons. The Labute approximate surface area is 156 Å². The quantitative estimate of drug-likeness (QED) is 0.361. The van der Waals surface area contributed by atoms with Gasteiger partial charge < -0.3 is 4.74 Å². The molecule has 0 unspecified atom stereocenters. The highest BCUT2D eigenvalue weighted by atomic mass is 32.2. The van der Waals surface area contributed by atoms with Crippen LogP contribution in [0.25, 0.3) is 10.9 Å². The van der Waals surface area contributed by atoms with Crippen LogP contribution in [0.4, 0.5) is 0 Å². The minimum atomic E-state index is -0.0470. The van der Waals surface area contributed by atoms with Crippen molar-refractivity contribution in [2.75, 3.05) is 12.9 Å². The Bertz CT molecular complexity index is 991. The van der Waals surface area contributed by atoms with Crippen molar-refractivity contribution in [3.8, 4) is 11.8 Å². The predicted molar refractivity (Wildman–Crippen MR) is 104 cm³/mol. The highest BCUT2D eigenvalue weighted by Crippen LogP contribution is 2.21. The van der Waals surface area contributed by atoms with Crippen LogP contribution < -0.4 is 10.3 Å². The van der Waals surface area contributed by atoms with Crippen LogP contribution in [0.5, 0.6) is 5.75 Å². The van der Waals surface area contributed by atoms with Crippen LogP contribution in [0.2, 0.25) is 0 Å². The molecule has 3 aromatic rings. The molecule has 0 amide bonds. The highest BCUT2D eigenvalue weighted by Gasteiger charge is 2.12. The molecule has 0 saturated heterocycles. The lowest BCUT2D eigenvalue weighted by Gasteiger charge is -2.13. The second-order valence-corrected chi connectivity index (χ2v) is 6.82. The van der Waals surface area contributed by atoms with Gasteiger partial charge in [0, 0.05) is 12.2 Å². The first-order valence-electron chi connectivity index (χ1n) is 8.35. The zero-order chi connectivity index (χ0) is 18.4. The Morgan fingerprint density at radius 2 is 1.96 bits per heavy atom. The minimum absolute atomic E-state index is 0.0470. The first kappa shape index (κ1) is 18.0. The van der Waals surface area contributed by atoms with E-state index in [9.17, 15) is 4.79 Å². The lowest BCUT2D eigenvalue weighted by molar-refractivity contribution is 0.414. The molecule has 0 aliphatic rings. The number of methoxy groups -OCH3 is 1. The highest BCUT2D eigenvalue weighted by molar-refractivity contribution is 7.99. The van der Waals surface area contributed by atoms with Gasteiger partial charge in [0.25, 0.3) is 5.56 Å². The number of thioether (sulfide) groups is 1. The Hall–Kier alpha value is -2.78. The zero-order valence-electron chi connectivity index (χ0n) is 14.5. The topological polar surface area (TPSA) is 67.9 Å². The first-order valence-corrected chi connectivity index (χ1v) is 9.33. The van der Waals surface area contributed by atoms with Gasteiger partial charge in [0.1, 0.15) is 5.75 Å². The van der Waals surface area contributed by atoms with Crippen LogP contribution in [0.1, 0.15) is 18.4 Å². The molecule has 1 aromatic heterocycles. The zero-order valence-corrected chi connectivity index (χ0v) is 15.3. The molecule has 132 valence electrons. The van der Waals surface area contributed by atoms with E-state index in [1.807, 2.05) is 42.5 Å². The van der Waals surface area contributed by atoms with Crippen LogP contribution in [0, 0.1) is 11.3 Å². The van der Waals surface area contributed by atoms with E-state index in [0.29, 0.717) is 29.0 Å². The molecule has 0 aliphatic heterocycles. The fourth-order valence-electron chi connectivity index (χ4n) is 2.63. The number of fused-ring (bicyclic) bond motifs is 1. The molecule has 0 atom stereocenters. The molecule has 0 N–H and O–H groups in total. The lowest BCUT2D eigenvalue weighted by atomic mass is 10.2. The van der Waals surface area contributed by atoms with Gasteiger partial charge in [0.2, 0.25) is 0 Å². The van der Waals surface area contributed by atoms with Gasteiger partial charge >= 0.3 is 0 Å². The first-order chi connectivity index (χ1) is 12.7. The maximum atomic E-state index is 13.0. The summed E-state index contributed by atoms with van der Waals surface area (Å²) < 4.78 is 6.90. The van der Waals surface area contributed by atoms with E-state index in [4.69, 9.17) is 10.00 Å². The van der Waals surface area contributed by atoms with Crippen LogP contribution >= 0.6 is 11.8 Å². The van der Waals surface area contributed by atoms with Crippen molar-refractivity contribution in [3.63, 3.8) is 0 Å². The van der Waals surface area contributed by atoms with Gasteiger partial charge in [0.05, 0.1) is 30.6 Å². The predicted octanol–water partition coefficient (Wildman–Crippen LogP) is 3.85. The molecular weight excluding hydrogens is 346 g/mol. The van der Waals surface area contributed by atoms with Gasteiger partial charge in [-0.25, -0.2) is 4.98 Å². The van der Waals surface area contributed by atoms with E-state index < -0.39 is 0 Å². The van der Waals surface area contributed by atoms with E-state index in [-0.39, 0.29) is 5.56 Å². The number of hydrogen-bond acceptors (Lipinski definition) is 5. The molecular formula is C20H19N3O2S. The van der Waals surface area contributed by atoms with Crippen molar-refractivity contribution in [1.29, 1.82) is 5.26 Å². The Morgan fingerprint density at radius 3 is 2.69 bits per heavy atom. The normalized spacial score (nSPS) is 10.6. The number of benzene rings is 2. The molecule has 3 rings (SSSR count). The standard InChI is InChI=1S/C20H19N3O2S/c1-25-16-10-8-15(9-11-16)14-23-19(24)17-6-2-3-7-18(17)22-20(23)26-13-5-4-12-21/h2-3,6-11H,4-5,13-14H2,1H3. The van der Waals surface area contributed by atoms with E-state index in [2.05, 4.69) is 11.1 Å². The second kappa shape index (κ2) is 8.54. The average Bonchev–Trinajstić information content (AvgIpc) is 2.68. The van der Waals surface area contributed by atoms with Gasteiger partial charge in [-0.1, -0.05) is 36.0 Å². The van der Waals surface area contributed by atoms with E-state index in [1.165, 1.54) is 11.8 Å². The van der Waals surface area contributed by atoms with Gasteiger partial charge in [-0.05, 0) is 36.2 Å². The second-order valence-electron chi connectivity index (χ2n) is 5.76. The van der Waals surface area contributed by atoms with Gasteiger partial charge in [0.15, 0.2) is 5.16 Å². The van der Waals surface area contributed by atoms with Gasteiger partial charge in [-0.2, -0.15) is 5.26 Å². The molecule has 5 nitrogen and oxygen atoms in total. The number of para-hydroxylation sites is 1. The third-order valence-corrected chi connectivity index (χ3v) is 5.05. The lowest BCUT2D eigenvalue weighted by Crippen LogP contribution is -2.24. The third kappa shape index (κ3) is 4.06. The van der Waals surface area contributed by atoms with Crippen molar-refractivity contribution in [3.05, 3.63) is 64.4 Å². The molecule has 0 bridgehead atoms. The van der Waals surface area contributed by atoms with Crippen molar-refractivity contribution in [1.82, 2.24) is 9.55 Å². The average molecular weight is 365 g/mol. The largest absolute Gasteiger partial charge is 0.497 e. The Balaban J connectivity index is 1.97. The van der Waals surface area contributed by atoms with E-state index in [0.717, 1.165) is 23.5 Å². The summed E-state index contributed by atoms with van der Waals surface area (Å²) in [5, 5.41) is 10.00.